The molecule has 0 saturated heterocycles. The normalized spacial score (nSPS) is 10.1. The van der Waals surface area contributed by atoms with Crippen molar-refractivity contribution in [2.75, 3.05) is 11.1 Å². The molecule has 5 heteroatoms. The summed E-state index contributed by atoms with van der Waals surface area (Å²) in [6.45, 7) is 1.83. The Morgan fingerprint density at radius 1 is 1.31 bits per heavy atom. The summed E-state index contributed by atoms with van der Waals surface area (Å²) in [6, 6.07) is 6.94. The molecule has 0 amide bonds. The van der Waals surface area contributed by atoms with Crippen LogP contribution >= 0.6 is 0 Å². The van der Waals surface area contributed by atoms with Crippen LogP contribution in [-0.4, -0.2) is 15.1 Å². The Balaban J connectivity index is 2.24. The molecule has 2 rings (SSSR count). The highest BCUT2D eigenvalue weighted by Gasteiger charge is 2.00. The fourth-order valence-electron chi connectivity index (χ4n) is 1.32. The molecule has 0 aliphatic rings. The predicted molar refractivity (Wildman–Crippen MR) is 62.6 cm³/mol. The minimum absolute atomic E-state index is 0.223. The number of aromatic nitrogens is 2. The highest BCUT2D eigenvalue weighted by molar-refractivity contribution is 5.59. The second-order valence-corrected chi connectivity index (χ2v) is 3.43. The maximum atomic E-state index is 9.38. The monoisotopic (exact) mass is 216 g/mol. The van der Waals surface area contributed by atoms with E-state index in [1.54, 1.807) is 24.4 Å². The smallest absolute Gasteiger partial charge is 0.221 e. The second-order valence-electron chi connectivity index (χ2n) is 3.43. The summed E-state index contributed by atoms with van der Waals surface area (Å²) in [5, 5.41) is 12.5. The van der Waals surface area contributed by atoms with Crippen molar-refractivity contribution in [2.24, 2.45) is 0 Å². The molecule has 2 aromatic rings. The molecule has 0 unspecified atom stereocenters. The summed E-state index contributed by atoms with van der Waals surface area (Å²) in [5.74, 6) is 1.12. The first-order chi connectivity index (χ1) is 7.65. The van der Waals surface area contributed by atoms with Crippen molar-refractivity contribution in [3.63, 3.8) is 0 Å². The Morgan fingerprint density at radius 3 is 2.81 bits per heavy atom. The standard InChI is InChI=1S/C11H12N4O/c1-7-6-8(2-3-9(7)16)14-10-4-5-13-11(12)15-10/h2-6,16H,1H3,(H3,12,13,14,15). The average Bonchev–Trinajstić information content (AvgIpc) is 2.24. The van der Waals surface area contributed by atoms with Gasteiger partial charge in [-0.2, -0.15) is 4.98 Å². The number of hydrogen-bond donors (Lipinski definition) is 3. The van der Waals surface area contributed by atoms with E-state index >= 15 is 0 Å². The van der Waals surface area contributed by atoms with Gasteiger partial charge in [0.05, 0.1) is 0 Å². The summed E-state index contributed by atoms with van der Waals surface area (Å²) in [5.41, 5.74) is 7.10. The Morgan fingerprint density at radius 2 is 2.12 bits per heavy atom. The van der Waals surface area contributed by atoms with Crippen LogP contribution in [0.2, 0.25) is 0 Å². The lowest BCUT2D eigenvalue weighted by Crippen LogP contribution is -1.99. The van der Waals surface area contributed by atoms with Crippen molar-refractivity contribution in [2.45, 2.75) is 6.92 Å². The first-order valence-electron chi connectivity index (χ1n) is 4.80. The number of rotatable bonds is 2. The minimum atomic E-state index is 0.223. The first kappa shape index (κ1) is 10.2. The van der Waals surface area contributed by atoms with Crippen LogP contribution in [0.3, 0.4) is 0 Å². The predicted octanol–water partition coefficient (Wildman–Crippen LogP) is 1.82. The van der Waals surface area contributed by atoms with Crippen LogP contribution in [0.4, 0.5) is 17.5 Å². The van der Waals surface area contributed by atoms with Gasteiger partial charge >= 0.3 is 0 Å². The van der Waals surface area contributed by atoms with E-state index in [-0.39, 0.29) is 11.7 Å². The maximum Gasteiger partial charge on any atom is 0.221 e. The van der Waals surface area contributed by atoms with Gasteiger partial charge in [0.15, 0.2) is 0 Å². The number of phenols is 1. The van der Waals surface area contributed by atoms with Crippen LogP contribution in [0.25, 0.3) is 0 Å². The number of aromatic hydroxyl groups is 1. The zero-order chi connectivity index (χ0) is 11.5. The van der Waals surface area contributed by atoms with E-state index in [4.69, 9.17) is 5.73 Å². The lowest BCUT2D eigenvalue weighted by molar-refractivity contribution is 0.471. The Labute approximate surface area is 93.0 Å². The molecule has 1 aromatic heterocycles. The number of benzene rings is 1. The van der Waals surface area contributed by atoms with Gasteiger partial charge in [0, 0.05) is 11.9 Å². The minimum Gasteiger partial charge on any atom is -0.508 e. The number of aryl methyl sites for hydroxylation is 1. The van der Waals surface area contributed by atoms with Crippen molar-refractivity contribution in [1.82, 2.24) is 9.97 Å². The van der Waals surface area contributed by atoms with E-state index < -0.39 is 0 Å². The Hall–Kier alpha value is -2.30. The quantitative estimate of drug-likeness (QED) is 0.667. The van der Waals surface area contributed by atoms with Gasteiger partial charge in [-0.3, -0.25) is 0 Å². The summed E-state index contributed by atoms with van der Waals surface area (Å²) in [6.07, 6.45) is 1.58. The first-order valence-corrected chi connectivity index (χ1v) is 4.80. The SMILES string of the molecule is Cc1cc(Nc2ccnc(N)n2)ccc1O. The molecule has 82 valence electrons. The van der Waals surface area contributed by atoms with E-state index in [0.717, 1.165) is 11.3 Å². The van der Waals surface area contributed by atoms with Crippen molar-refractivity contribution >= 4 is 17.5 Å². The Kier molecular flexibility index (Phi) is 2.59. The molecular formula is C11H12N4O. The van der Waals surface area contributed by atoms with Crippen molar-refractivity contribution in [1.29, 1.82) is 0 Å². The molecule has 0 aliphatic heterocycles. The summed E-state index contributed by atoms with van der Waals surface area (Å²) in [4.78, 5) is 7.81. The largest absolute Gasteiger partial charge is 0.508 e. The molecule has 16 heavy (non-hydrogen) atoms. The molecule has 0 bridgehead atoms. The molecule has 0 fully saturated rings. The summed E-state index contributed by atoms with van der Waals surface area (Å²) >= 11 is 0. The molecule has 1 aromatic carbocycles. The molecule has 0 atom stereocenters. The van der Waals surface area contributed by atoms with Gasteiger partial charge in [-0.15, -0.1) is 0 Å². The van der Waals surface area contributed by atoms with Crippen LogP contribution in [0, 0.1) is 6.92 Å². The van der Waals surface area contributed by atoms with E-state index in [2.05, 4.69) is 15.3 Å². The number of nitrogens with zero attached hydrogens (tertiary/aromatic N) is 2. The number of anilines is 3. The zero-order valence-electron chi connectivity index (χ0n) is 8.81. The van der Waals surface area contributed by atoms with Gasteiger partial charge in [-0.05, 0) is 36.8 Å². The highest BCUT2D eigenvalue weighted by Crippen LogP contribution is 2.22. The lowest BCUT2D eigenvalue weighted by atomic mass is 10.2. The zero-order valence-corrected chi connectivity index (χ0v) is 8.81. The molecule has 0 spiro atoms. The third kappa shape index (κ3) is 2.20. The molecular weight excluding hydrogens is 204 g/mol. The molecule has 0 aliphatic carbocycles. The van der Waals surface area contributed by atoms with Gasteiger partial charge in [0.25, 0.3) is 0 Å². The number of nitrogens with two attached hydrogens (primary N) is 1. The van der Waals surface area contributed by atoms with Gasteiger partial charge < -0.3 is 16.2 Å². The Bertz CT molecular complexity index is 513. The van der Waals surface area contributed by atoms with E-state index in [1.165, 1.54) is 0 Å². The topological polar surface area (TPSA) is 84.1 Å². The number of nitrogen functional groups attached to an aromatic ring is 1. The van der Waals surface area contributed by atoms with Crippen LogP contribution in [0.1, 0.15) is 5.56 Å². The summed E-state index contributed by atoms with van der Waals surface area (Å²) in [7, 11) is 0. The fraction of sp³-hybridized carbons (Fsp3) is 0.0909. The molecule has 4 N–H and O–H groups in total. The summed E-state index contributed by atoms with van der Waals surface area (Å²) < 4.78 is 0. The van der Waals surface area contributed by atoms with Gasteiger partial charge in [-0.1, -0.05) is 0 Å². The molecule has 0 saturated carbocycles. The maximum absolute atomic E-state index is 9.38. The van der Waals surface area contributed by atoms with E-state index in [0.29, 0.717) is 5.82 Å². The van der Waals surface area contributed by atoms with Crippen LogP contribution in [0.15, 0.2) is 30.5 Å². The number of phenolic OH excluding ortho intramolecular Hbond substituents is 1. The van der Waals surface area contributed by atoms with Crippen LogP contribution in [0.5, 0.6) is 5.75 Å². The fourth-order valence-corrected chi connectivity index (χ4v) is 1.32. The van der Waals surface area contributed by atoms with Gasteiger partial charge in [0.1, 0.15) is 11.6 Å². The van der Waals surface area contributed by atoms with Crippen LogP contribution < -0.4 is 11.1 Å². The van der Waals surface area contributed by atoms with Crippen molar-refractivity contribution < 1.29 is 5.11 Å². The number of nitrogens with one attached hydrogen (secondary N) is 1. The third-order valence-electron chi connectivity index (χ3n) is 2.14. The molecule has 1 heterocycles. The van der Waals surface area contributed by atoms with Crippen LogP contribution in [-0.2, 0) is 0 Å². The highest BCUT2D eigenvalue weighted by atomic mass is 16.3. The van der Waals surface area contributed by atoms with Crippen molar-refractivity contribution in [3.05, 3.63) is 36.0 Å². The second kappa shape index (κ2) is 4.06. The molecule has 5 nitrogen and oxygen atoms in total. The lowest BCUT2D eigenvalue weighted by Gasteiger charge is -2.07. The van der Waals surface area contributed by atoms with Gasteiger partial charge in [-0.25, -0.2) is 4.98 Å². The van der Waals surface area contributed by atoms with Gasteiger partial charge in [0.2, 0.25) is 5.95 Å². The average molecular weight is 216 g/mol. The number of hydrogen-bond acceptors (Lipinski definition) is 5. The molecule has 0 radical (unpaired) electrons. The third-order valence-corrected chi connectivity index (χ3v) is 2.14. The van der Waals surface area contributed by atoms with Crippen molar-refractivity contribution in [3.8, 4) is 5.75 Å². The van der Waals surface area contributed by atoms with E-state index in [1.807, 2.05) is 13.0 Å². The van der Waals surface area contributed by atoms with E-state index in [9.17, 15) is 5.11 Å².